The van der Waals surface area contributed by atoms with Gasteiger partial charge < -0.3 is 14.5 Å². The van der Waals surface area contributed by atoms with Gasteiger partial charge in [0.25, 0.3) is 0 Å². The minimum atomic E-state index is -0.341. The predicted molar refractivity (Wildman–Crippen MR) is 102 cm³/mol. The average molecular weight is 362 g/mol. The van der Waals surface area contributed by atoms with Gasteiger partial charge in [-0.05, 0) is 58.1 Å². The second kappa shape index (κ2) is 7.58. The molecule has 0 N–H and O–H groups in total. The zero-order valence-electron chi connectivity index (χ0n) is 15.0. The molecule has 3 rings (SSSR count). The van der Waals surface area contributed by atoms with Crippen LogP contribution in [0, 0.1) is 0 Å². The Morgan fingerprint density at radius 2 is 2.12 bits per heavy atom. The molecule has 134 valence electrons. The fourth-order valence-corrected chi connectivity index (χ4v) is 3.63. The van der Waals surface area contributed by atoms with Crippen molar-refractivity contribution in [3.8, 4) is 0 Å². The maximum atomic E-state index is 12.5. The van der Waals surface area contributed by atoms with Crippen LogP contribution in [-0.4, -0.2) is 55.7 Å². The highest BCUT2D eigenvalue weighted by atomic mass is 35.5. The standard InChI is InChI=1S/C19H24ClN3O2/c1-4-25-19(24)16-12-21-17-6-5-13(20)11-15(17)18(16)23(3)14-7-9-22(2)10-8-14/h5-6,11-12,14H,4,7-10H2,1-3H3. The van der Waals surface area contributed by atoms with Crippen LogP contribution in [0.15, 0.2) is 24.4 Å². The smallest absolute Gasteiger partial charge is 0.341 e. The number of benzene rings is 1. The molecule has 0 aliphatic carbocycles. The summed E-state index contributed by atoms with van der Waals surface area (Å²) in [6.07, 6.45) is 3.73. The van der Waals surface area contributed by atoms with Crippen molar-refractivity contribution in [3.63, 3.8) is 0 Å². The molecule has 2 aromatic rings. The third-order valence-corrected chi connectivity index (χ3v) is 5.12. The Balaban J connectivity index is 2.09. The quantitative estimate of drug-likeness (QED) is 0.779. The number of aromatic nitrogens is 1. The van der Waals surface area contributed by atoms with Crippen LogP contribution in [0.1, 0.15) is 30.1 Å². The highest BCUT2D eigenvalue weighted by Gasteiger charge is 2.26. The molecule has 0 atom stereocenters. The molecule has 1 saturated heterocycles. The van der Waals surface area contributed by atoms with Crippen LogP contribution >= 0.6 is 11.6 Å². The van der Waals surface area contributed by atoms with Gasteiger partial charge in [0.15, 0.2) is 0 Å². The topological polar surface area (TPSA) is 45.7 Å². The van der Waals surface area contributed by atoms with Crippen molar-refractivity contribution < 1.29 is 9.53 Å². The lowest BCUT2D eigenvalue weighted by Crippen LogP contribution is -2.42. The summed E-state index contributed by atoms with van der Waals surface area (Å²) in [6.45, 7) is 4.24. The second-order valence-electron chi connectivity index (χ2n) is 6.55. The van der Waals surface area contributed by atoms with E-state index in [1.165, 1.54) is 0 Å². The van der Waals surface area contributed by atoms with Gasteiger partial charge in [-0.3, -0.25) is 4.98 Å². The van der Waals surface area contributed by atoms with Crippen LogP contribution in [0.2, 0.25) is 5.02 Å². The van der Waals surface area contributed by atoms with Crippen LogP contribution in [0.4, 0.5) is 5.69 Å². The molecule has 1 aliphatic heterocycles. The van der Waals surface area contributed by atoms with Gasteiger partial charge in [0.2, 0.25) is 0 Å². The number of ether oxygens (including phenoxy) is 1. The molecule has 1 aliphatic rings. The van der Waals surface area contributed by atoms with E-state index < -0.39 is 0 Å². The summed E-state index contributed by atoms with van der Waals surface area (Å²) in [5.41, 5.74) is 2.19. The lowest BCUT2D eigenvalue weighted by molar-refractivity contribution is 0.0526. The van der Waals surface area contributed by atoms with Crippen molar-refractivity contribution in [1.29, 1.82) is 0 Å². The summed E-state index contributed by atoms with van der Waals surface area (Å²) < 4.78 is 5.26. The molecule has 0 radical (unpaired) electrons. The van der Waals surface area contributed by atoms with E-state index in [0.717, 1.165) is 42.5 Å². The van der Waals surface area contributed by atoms with Gasteiger partial charge >= 0.3 is 5.97 Å². The first-order valence-corrected chi connectivity index (χ1v) is 9.05. The molecule has 0 spiro atoms. The number of hydrogen-bond donors (Lipinski definition) is 0. The van der Waals surface area contributed by atoms with Crippen LogP contribution in [0.25, 0.3) is 10.9 Å². The summed E-state index contributed by atoms with van der Waals surface area (Å²) in [4.78, 5) is 21.5. The number of carbonyl (C=O) groups excluding carboxylic acids is 1. The monoisotopic (exact) mass is 361 g/mol. The van der Waals surface area contributed by atoms with Gasteiger partial charge in [0.1, 0.15) is 5.56 Å². The summed E-state index contributed by atoms with van der Waals surface area (Å²) in [6, 6.07) is 5.96. The number of nitrogens with zero attached hydrogens (tertiary/aromatic N) is 3. The van der Waals surface area contributed by atoms with E-state index >= 15 is 0 Å². The van der Waals surface area contributed by atoms with Crippen molar-refractivity contribution >= 4 is 34.2 Å². The van der Waals surface area contributed by atoms with E-state index in [1.54, 1.807) is 6.20 Å². The van der Waals surface area contributed by atoms with Crippen LogP contribution in [0.3, 0.4) is 0 Å². The van der Waals surface area contributed by atoms with E-state index in [2.05, 4.69) is 21.8 Å². The maximum Gasteiger partial charge on any atom is 0.341 e. The summed E-state index contributed by atoms with van der Waals surface area (Å²) in [7, 11) is 4.19. The average Bonchev–Trinajstić information content (AvgIpc) is 2.61. The Morgan fingerprint density at radius 3 is 2.80 bits per heavy atom. The molecule has 25 heavy (non-hydrogen) atoms. The van der Waals surface area contributed by atoms with E-state index in [-0.39, 0.29) is 5.97 Å². The van der Waals surface area contributed by atoms with Crippen LogP contribution in [-0.2, 0) is 4.74 Å². The molecule has 1 fully saturated rings. The SMILES string of the molecule is CCOC(=O)c1cnc2ccc(Cl)cc2c1N(C)C1CCN(C)CC1. The molecule has 2 heterocycles. The van der Waals surface area contributed by atoms with Gasteiger partial charge in [-0.25, -0.2) is 4.79 Å². The fraction of sp³-hybridized carbons (Fsp3) is 0.474. The largest absolute Gasteiger partial charge is 0.462 e. The third-order valence-electron chi connectivity index (χ3n) is 4.89. The van der Waals surface area contributed by atoms with Crippen molar-refractivity contribution in [2.75, 3.05) is 38.7 Å². The van der Waals surface area contributed by atoms with E-state index in [9.17, 15) is 4.79 Å². The Morgan fingerprint density at radius 1 is 1.40 bits per heavy atom. The van der Waals surface area contributed by atoms with E-state index in [0.29, 0.717) is 23.2 Å². The van der Waals surface area contributed by atoms with Gasteiger partial charge in [-0.2, -0.15) is 0 Å². The Bertz CT molecular complexity index is 773. The fourth-order valence-electron chi connectivity index (χ4n) is 3.45. The molecule has 1 aromatic carbocycles. The first-order valence-electron chi connectivity index (χ1n) is 8.68. The summed E-state index contributed by atoms with van der Waals surface area (Å²) in [5, 5.41) is 1.52. The number of hydrogen-bond acceptors (Lipinski definition) is 5. The van der Waals surface area contributed by atoms with Crippen LogP contribution in [0.5, 0.6) is 0 Å². The van der Waals surface area contributed by atoms with Crippen molar-refractivity contribution in [3.05, 3.63) is 35.0 Å². The number of rotatable bonds is 4. The maximum absolute atomic E-state index is 12.5. The Kier molecular flexibility index (Phi) is 5.45. The minimum absolute atomic E-state index is 0.337. The molecule has 6 heteroatoms. The first-order chi connectivity index (χ1) is 12.0. The molecule has 1 aromatic heterocycles. The Hall–Kier alpha value is -1.85. The number of anilines is 1. The number of carbonyl (C=O) groups is 1. The second-order valence-corrected chi connectivity index (χ2v) is 6.98. The number of pyridine rings is 1. The van der Waals surface area contributed by atoms with E-state index in [1.807, 2.05) is 32.2 Å². The third kappa shape index (κ3) is 3.72. The van der Waals surface area contributed by atoms with Crippen molar-refractivity contribution in [1.82, 2.24) is 9.88 Å². The zero-order chi connectivity index (χ0) is 18.0. The van der Waals surface area contributed by atoms with Crippen molar-refractivity contribution in [2.24, 2.45) is 0 Å². The molecular formula is C19H24ClN3O2. The number of fused-ring (bicyclic) bond motifs is 1. The van der Waals surface area contributed by atoms with Gasteiger partial charge in [0.05, 0.1) is 17.8 Å². The van der Waals surface area contributed by atoms with Gasteiger partial charge in [-0.1, -0.05) is 11.6 Å². The normalized spacial score (nSPS) is 16.2. The van der Waals surface area contributed by atoms with E-state index in [4.69, 9.17) is 16.3 Å². The lowest BCUT2D eigenvalue weighted by atomic mass is 10.0. The molecule has 0 bridgehead atoms. The zero-order valence-corrected chi connectivity index (χ0v) is 15.7. The predicted octanol–water partition coefficient (Wildman–Crippen LogP) is 3.60. The number of esters is 1. The highest BCUT2D eigenvalue weighted by Crippen LogP contribution is 2.34. The molecule has 0 unspecified atom stereocenters. The summed E-state index contributed by atoms with van der Waals surface area (Å²) >= 11 is 6.22. The van der Waals surface area contributed by atoms with Gasteiger partial charge in [0, 0.05) is 29.7 Å². The molecular weight excluding hydrogens is 338 g/mol. The lowest BCUT2D eigenvalue weighted by Gasteiger charge is -2.37. The minimum Gasteiger partial charge on any atom is -0.462 e. The van der Waals surface area contributed by atoms with Crippen LogP contribution < -0.4 is 4.90 Å². The van der Waals surface area contributed by atoms with Crippen molar-refractivity contribution in [2.45, 2.75) is 25.8 Å². The molecule has 0 amide bonds. The number of piperidine rings is 1. The number of halogens is 1. The Labute approximate surface area is 153 Å². The van der Waals surface area contributed by atoms with Gasteiger partial charge in [-0.15, -0.1) is 0 Å². The highest BCUT2D eigenvalue weighted by molar-refractivity contribution is 6.31. The number of likely N-dealkylation sites (tertiary alicyclic amines) is 1. The molecule has 5 nitrogen and oxygen atoms in total. The molecule has 0 saturated carbocycles. The first kappa shape index (κ1) is 18.0. The summed E-state index contributed by atoms with van der Waals surface area (Å²) in [5.74, 6) is -0.341.